The fraction of sp³-hybridized carbons (Fsp3) is 0.467. The van der Waals surface area contributed by atoms with Crippen molar-refractivity contribution in [2.24, 2.45) is 0 Å². The van der Waals surface area contributed by atoms with Crippen LogP contribution in [0.15, 0.2) is 6.33 Å². The summed E-state index contributed by atoms with van der Waals surface area (Å²) in [4.78, 5) is 37.1. The lowest BCUT2D eigenvalue weighted by Gasteiger charge is -2.21. The second kappa shape index (κ2) is 6.76. The number of carbonyl (C=O) groups is 2. The van der Waals surface area contributed by atoms with E-state index >= 15 is 0 Å². The molecule has 12 heteroatoms. The third-order valence-corrected chi connectivity index (χ3v) is 3.97. The lowest BCUT2D eigenvalue weighted by atomic mass is 10.1. The molecular formula is C15H15FN6O5. The summed E-state index contributed by atoms with van der Waals surface area (Å²) < 4.78 is 30.8. The lowest BCUT2D eigenvalue weighted by molar-refractivity contribution is -0.166. The quantitative estimate of drug-likeness (QED) is 0.460. The number of hydrogen-bond acceptors (Lipinski definition) is 9. The Labute approximate surface area is 152 Å². The number of hydrogen-bond donors (Lipinski definition) is 1. The number of fused-ring (bicyclic) bond motifs is 1. The molecule has 3 atom stereocenters. The summed E-state index contributed by atoms with van der Waals surface area (Å²) in [5.74, 6) is -1.40. The van der Waals surface area contributed by atoms with Crippen LogP contribution in [-0.4, -0.2) is 49.9 Å². The Morgan fingerprint density at radius 2 is 2.22 bits per heavy atom. The fourth-order valence-corrected chi connectivity index (χ4v) is 2.82. The van der Waals surface area contributed by atoms with Crippen molar-refractivity contribution in [2.75, 3.05) is 12.3 Å². The Bertz CT molecular complexity index is 956. The molecule has 3 heterocycles. The number of nitrogen functional groups attached to an aromatic ring is 1. The van der Waals surface area contributed by atoms with E-state index in [-0.39, 0.29) is 23.4 Å². The van der Waals surface area contributed by atoms with Gasteiger partial charge in [0, 0.05) is 20.3 Å². The molecule has 2 aromatic heterocycles. The smallest absolute Gasteiger partial charge is 0.409 e. The van der Waals surface area contributed by atoms with E-state index in [1.807, 2.05) is 0 Å². The second-order valence-corrected chi connectivity index (χ2v) is 5.85. The molecule has 2 N–H and O–H groups in total. The monoisotopic (exact) mass is 378 g/mol. The van der Waals surface area contributed by atoms with Crippen molar-refractivity contribution < 1.29 is 28.2 Å². The molecule has 0 unspecified atom stereocenters. The van der Waals surface area contributed by atoms with Crippen molar-refractivity contribution >= 4 is 28.9 Å². The molecule has 11 nitrogen and oxygen atoms in total. The number of carbonyl (C=O) groups excluding carboxylic acids is 2. The third kappa shape index (κ3) is 3.36. The van der Waals surface area contributed by atoms with Gasteiger partial charge >= 0.3 is 23.7 Å². The summed E-state index contributed by atoms with van der Waals surface area (Å²) in [7, 11) is 0. The Morgan fingerprint density at radius 1 is 1.48 bits per heavy atom. The summed E-state index contributed by atoms with van der Waals surface area (Å²) in [5, 5.41) is 0. The van der Waals surface area contributed by atoms with Crippen LogP contribution in [-0.2, 0) is 23.8 Å². The molecular weight excluding hydrogens is 363 g/mol. The van der Waals surface area contributed by atoms with Crippen LogP contribution >= 0.6 is 0 Å². The number of aromatic nitrogens is 4. The van der Waals surface area contributed by atoms with Gasteiger partial charge in [0.05, 0.1) is 6.33 Å². The number of esters is 2. The third-order valence-electron chi connectivity index (χ3n) is 3.97. The minimum Gasteiger partial charge on any atom is -0.454 e. The second-order valence-electron chi connectivity index (χ2n) is 5.85. The average molecular weight is 378 g/mol. The van der Waals surface area contributed by atoms with E-state index in [2.05, 4.69) is 19.8 Å². The van der Waals surface area contributed by atoms with E-state index in [0.29, 0.717) is 0 Å². The zero-order chi connectivity index (χ0) is 19.8. The number of nitrogens with two attached hydrogens (primary N) is 1. The maximum absolute atomic E-state index is 13.6. The predicted molar refractivity (Wildman–Crippen MR) is 86.0 cm³/mol. The summed E-state index contributed by atoms with van der Waals surface area (Å²) in [6.07, 6.45) is -1.64. The molecule has 1 fully saturated rings. The minimum absolute atomic E-state index is 0.0280. The number of nitrogens with zero attached hydrogens (tertiary/aromatic N) is 5. The SMILES string of the molecule is [C-]#[N+][C@]1(COC(C)=O)O[C@@H](n2cnc3c(N)nc(F)nc32)C[C@H]1OC(C)=O. The van der Waals surface area contributed by atoms with Crippen LogP contribution in [0.2, 0.25) is 0 Å². The summed E-state index contributed by atoms with van der Waals surface area (Å²) in [5.41, 5.74) is 4.10. The van der Waals surface area contributed by atoms with Gasteiger partial charge in [-0.1, -0.05) is 0 Å². The molecule has 142 valence electrons. The van der Waals surface area contributed by atoms with Crippen LogP contribution in [0, 0.1) is 12.7 Å². The van der Waals surface area contributed by atoms with Gasteiger partial charge in [0.2, 0.25) is 12.7 Å². The van der Waals surface area contributed by atoms with Gasteiger partial charge in [-0.3, -0.25) is 23.7 Å². The maximum atomic E-state index is 13.6. The van der Waals surface area contributed by atoms with E-state index in [9.17, 15) is 14.0 Å². The van der Waals surface area contributed by atoms with Crippen molar-refractivity contribution in [3.05, 3.63) is 23.8 Å². The first-order chi connectivity index (χ1) is 12.8. The van der Waals surface area contributed by atoms with E-state index in [0.717, 1.165) is 0 Å². The van der Waals surface area contributed by atoms with Crippen molar-refractivity contribution in [3.8, 4) is 0 Å². The van der Waals surface area contributed by atoms with Crippen molar-refractivity contribution in [1.29, 1.82) is 0 Å². The fourth-order valence-electron chi connectivity index (χ4n) is 2.82. The van der Waals surface area contributed by atoms with Crippen molar-refractivity contribution in [3.63, 3.8) is 0 Å². The predicted octanol–water partition coefficient (Wildman–Crippen LogP) is 0.577. The number of rotatable bonds is 4. The molecule has 0 saturated carbocycles. The van der Waals surface area contributed by atoms with Crippen LogP contribution in [0.3, 0.4) is 0 Å². The van der Waals surface area contributed by atoms with Gasteiger partial charge in [0.15, 0.2) is 17.0 Å². The van der Waals surface area contributed by atoms with Gasteiger partial charge in [-0.2, -0.15) is 14.4 Å². The standard InChI is InChI=1S/C15H15FN6O5/c1-7(23)25-5-15(18-3)9(26-8(2)24)4-10(27-15)22-6-19-11-12(17)20-14(16)21-13(11)22/h6,9-10H,4-5H2,1-2H3,(H2,17,20,21)/t9-,10-,15-/m1/s1. The van der Waals surface area contributed by atoms with Gasteiger partial charge in [-0.25, -0.2) is 11.6 Å². The van der Waals surface area contributed by atoms with Gasteiger partial charge in [0.25, 0.3) is 0 Å². The van der Waals surface area contributed by atoms with Gasteiger partial charge in [-0.05, 0) is 0 Å². The number of ether oxygens (including phenoxy) is 3. The first-order valence-corrected chi connectivity index (χ1v) is 7.78. The maximum Gasteiger partial charge on any atom is 0.409 e. The Morgan fingerprint density at radius 3 is 2.85 bits per heavy atom. The van der Waals surface area contributed by atoms with E-state index < -0.39 is 42.7 Å². The molecule has 0 bridgehead atoms. The first kappa shape index (κ1) is 18.5. The molecule has 2 aromatic rings. The molecule has 1 saturated heterocycles. The largest absolute Gasteiger partial charge is 0.454 e. The highest BCUT2D eigenvalue weighted by Gasteiger charge is 2.59. The van der Waals surface area contributed by atoms with Crippen LogP contribution in [0.1, 0.15) is 26.5 Å². The summed E-state index contributed by atoms with van der Waals surface area (Å²) >= 11 is 0. The molecule has 0 spiro atoms. The van der Waals surface area contributed by atoms with Crippen LogP contribution in [0.4, 0.5) is 10.2 Å². The zero-order valence-electron chi connectivity index (χ0n) is 14.4. The average Bonchev–Trinajstić information content (AvgIpc) is 3.14. The van der Waals surface area contributed by atoms with Gasteiger partial charge in [-0.15, -0.1) is 0 Å². The normalized spacial score (nSPS) is 24.5. The Balaban J connectivity index is 1.99. The first-order valence-electron chi connectivity index (χ1n) is 7.78. The molecule has 0 aromatic carbocycles. The van der Waals surface area contributed by atoms with E-state index in [4.69, 9.17) is 26.5 Å². The van der Waals surface area contributed by atoms with E-state index in [1.165, 1.54) is 24.7 Å². The van der Waals surface area contributed by atoms with Gasteiger partial charge < -0.3 is 15.2 Å². The Kier molecular flexibility index (Phi) is 4.63. The van der Waals surface area contributed by atoms with E-state index in [1.54, 1.807) is 0 Å². The van der Waals surface area contributed by atoms with Crippen molar-refractivity contribution in [2.45, 2.75) is 38.3 Å². The molecule has 1 aliphatic rings. The topological polar surface area (TPSA) is 136 Å². The van der Waals surface area contributed by atoms with Crippen LogP contribution in [0.5, 0.6) is 0 Å². The lowest BCUT2D eigenvalue weighted by Crippen LogP contribution is -2.43. The summed E-state index contributed by atoms with van der Waals surface area (Å²) in [6, 6.07) is 0. The summed E-state index contributed by atoms with van der Waals surface area (Å²) in [6.45, 7) is 9.42. The molecule has 0 radical (unpaired) electrons. The Hall–Kier alpha value is -3.33. The highest BCUT2D eigenvalue weighted by molar-refractivity contribution is 5.81. The highest BCUT2D eigenvalue weighted by atomic mass is 19.1. The number of halogens is 1. The minimum atomic E-state index is -1.75. The number of anilines is 1. The van der Waals surface area contributed by atoms with Gasteiger partial charge in [0.1, 0.15) is 6.23 Å². The molecule has 1 aliphatic heterocycles. The van der Waals surface area contributed by atoms with Crippen LogP contribution in [0.25, 0.3) is 16.0 Å². The molecule has 0 aliphatic carbocycles. The molecule has 0 amide bonds. The highest BCUT2D eigenvalue weighted by Crippen LogP contribution is 2.41. The number of imidazole rings is 1. The zero-order valence-corrected chi connectivity index (χ0v) is 14.4. The molecule has 27 heavy (non-hydrogen) atoms. The van der Waals surface area contributed by atoms with Crippen molar-refractivity contribution in [1.82, 2.24) is 19.5 Å². The molecule has 3 rings (SSSR count). The van der Waals surface area contributed by atoms with Crippen LogP contribution < -0.4 is 5.73 Å².